The molecule has 1 amide bonds. The van der Waals surface area contributed by atoms with Crippen molar-refractivity contribution in [3.63, 3.8) is 0 Å². The van der Waals surface area contributed by atoms with Crippen LogP contribution in [0.1, 0.15) is 38.7 Å². The average molecular weight is 314 g/mol. The Kier molecular flexibility index (Phi) is 5.37. The fourth-order valence-corrected chi connectivity index (χ4v) is 4.37. The minimum absolute atomic E-state index is 0.287. The van der Waals surface area contributed by atoms with E-state index in [1.54, 1.807) is 0 Å². The third kappa shape index (κ3) is 4.35. The van der Waals surface area contributed by atoms with Crippen LogP contribution in [0.4, 0.5) is 0 Å². The summed E-state index contributed by atoms with van der Waals surface area (Å²) >= 11 is 0. The molecule has 2 heterocycles. The molecule has 0 bridgehead atoms. The zero-order valence-corrected chi connectivity index (χ0v) is 14.6. The summed E-state index contributed by atoms with van der Waals surface area (Å²) in [5.74, 6) is 1.92. The molecular weight excluding hydrogens is 284 g/mol. The van der Waals surface area contributed by atoms with E-state index in [0.717, 1.165) is 43.3 Å². The average Bonchev–Trinajstić information content (AvgIpc) is 2.55. The van der Waals surface area contributed by atoms with E-state index in [9.17, 15) is 4.79 Å². The SMILES string of the molecule is C[C@@H]1C[C@@H](C)CN(C2CCN(C(=O)Cc3ccccc3)CC2)C1. The third-order valence-corrected chi connectivity index (χ3v) is 5.43. The highest BCUT2D eigenvalue weighted by Gasteiger charge is 2.31. The van der Waals surface area contributed by atoms with E-state index in [0.29, 0.717) is 12.5 Å². The summed E-state index contributed by atoms with van der Waals surface area (Å²) in [7, 11) is 0. The standard InChI is InChI=1S/C20H30N2O/c1-16-12-17(2)15-22(14-16)19-8-10-21(11-9-19)20(23)13-18-6-4-3-5-7-18/h3-7,16-17,19H,8-15H2,1-2H3/t16-,17-/m1/s1. The summed E-state index contributed by atoms with van der Waals surface area (Å²) in [6.07, 6.45) is 4.19. The van der Waals surface area contributed by atoms with Crippen LogP contribution in [0.3, 0.4) is 0 Å². The Balaban J connectivity index is 1.49. The maximum Gasteiger partial charge on any atom is 0.226 e. The van der Waals surface area contributed by atoms with Gasteiger partial charge in [0.15, 0.2) is 0 Å². The number of nitrogens with zero attached hydrogens (tertiary/aromatic N) is 2. The van der Waals surface area contributed by atoms with Crippen LogP contribution in [0.15, 0.2) is 30.3 Å². The lowest BCUT2D eigenvalue weighted by molar-refractivity contribution is -0.132. The molecule has 3 heteroatoms. The number of rotatable bonds is 3. The van der Waals surface area contributed by atoms with Crippen molar-refractivity contribution < 1.29 is 4.79 Å². The molecule has 0 spiro atoms. The van der Waals surface area contributed by atoms with E-state index in [1.807, 2.05) is 30.3 Å². The molecule has 2 saturated heterocycles. The van der Waals surface area contributed by atoms with E-state index >= 15 is 0 Å². The molecule has 3 nitrogen and oxygen atoms in total. The second kappa shape index (κ2) is 7.48. The Morgan fingerprint density at radius 3 is 2.26 bits per heavy atom. The lowest BCUT2D eigenvalue weighted by Gasteiger charge is -2.43. The first-order valence-corrected chi connectivity index (χ1v) is 9.17. The highest BCUT2D eigenvalue weighted by atomic mass is 16.2. The van der Waals surface area contributed by atoms with Gasteiger partial charge in [0.2, 0.25) is 5.91 Å². The lowest BCUT2D eigenvalue weighted by Crippen LogP contribution is -2.51. The molecule has 23 heavy (non-hydrogen) atoms. The molecule has 2 atom stereocenters. The molecule has 0 unspecified atom stereocenters. The molecule has 2 aliphatic heterocycles. The summed E-state index contributed by atoms with van der Waals surface area (Å²) in [4.78, 5) is 17.2. The fraction of sp³-hybridized carbons (Fsp3) is 0.650. The highest BCUT2D eigenvalue weighted by Crippen LogP contribution is 2.26. The van der Waals surface area contributed by atoms with Crippen LogP contribution >= 0.6 is 0 Å². The molecule has 0 N–H and O–H groups in total. The predicted molar refractivity (Wildman–Crippen MR) is 94.3 cm³/mol. The molecular formula is C20H30N2O. The summed E-state index contributed by atoms with van der Waals surface area (Å²) in [6.45, 7) is 9.09. The zero-order valence-electron chi connectivity index (χ0n) is 14.6. The van der Waals surface area contributed by atoms with Crippen molar-refractivity contribution in [3.8, 4) is 0 Å². The monoisotopic (exact) mass is 314 g/mol. The van der Waals surface area contributed by atoms with Crippen LogP contribution in [-0.4, -0.2) is 47.9 Å². The van der Waals surface area contributed by atoms with Gasteiger partial charge in [-0.1, -0.05) is 44.2 Å². The molecule has 1 aromatic carbocycles. The van der Waals surface area contributed by atoms with E-state index in [1.165, 1.54) is 19.5 Å². The summed E-state index contributed by atoms with van der Waals surface area (Å²) in [6, 6.07) is 10.8. The van der Waals surface area contributed by atoms with Crippen LogP contribution in [0.2, 0.25) is 0 Å². The molecule has 3 rings (SSSR count). The number of carbonyl (C=O) groups excluding carboxylic acids is 1. The van der Waals surface area contributed by atoms with Gasteiger partial charge in [-0.2, -0.15) is 0 Å². The minimum atomic E-state index is 0.287. The molecule has 2 aliphatic rings. The van der Waals surface area contributed by atoms with Gasteiger partial charge in [-0.05, 0) is 36.7 Å². The first kappa shape index (κ1) is 16.5. The molecule has 0 radical (unpaired) electrons. The Labute approximate surface area is 140 Å². The van der Waals surface area contributed by atoms with Gasteiger partial charge in [-0.25, -0.2) is 0 Å². The van der Waals surface area contributed by atoms with Crippen molar-refractivity contribution in [1.29, 1.82) is 0 Å². The van der Waals surface area contributed by atoms with E-state index < -0.39 is 0 Å². The summed E-state index contributed by atoms with van der Waals surface area (Å²) < 4.78 is 0. The minimum Gasteiger partial charge on any atom is -0.342 e. The summed E-state index contributed by atoms with van der Waals surface area (Å²) in [5, 5.41) is 0. The van der Waals surface area contributed by atoms with E-state index in [-0.39, 0.29) is 5.91 Å². The van der Waals surface area contributed by atoms with Crippen molar-refractivity contribution in [1.82, 2.24) is 9.80 Å². The van der Waals surface area contributed by atoms with Gasteiger partial charge in [0.1, 0.15) is 0 Å². The second-order valence-electron chi connectivity index (χ2n) is 7.67. The van der Waals surface area contributed by atoms with Crippen molar-refractivity contribution in [2.24, 2.45) is 11.8 Å². The Hall–Kier alpha value is -1.35. The van der Waals surface area contributed by atoms with Gasteiger partial charge in [0, 0.05) is 32.2 Å². The molecule has 2 fully saturated rings. The number of hydrogen-bond acceptors (Lipinski definition) is 2. The number of benzene rings is 1. The maximum absolute atomic E-state index is 12.5. The van der Waals surface area contributed by atoms with Crippen LogP contribution in [0, 0.1) is 11.8 Å². The first-order valence-electron chi connectivity index (χ1n) is 9.17. The van der Waals surface area contributed by atoms with Crippen LogP contribution in [0.25, 0.3) is 0 Å². The lowest BCUT2D eigenvalue weighted by atomic mass is 9.89. The quantitative estimate of drug-likeness (QED) is 0.855. The van der Waals surface area contributed by atoms with Crippen molar-refractivity contribution in [3.05, 3.63) is 35.9 Å². The molecule has 1 aromatic rings. The normalized spacial score (nSPS) is 27.1. The van der Waals surface area contributed by atoms with Gasteiger partial charge in [-0.3, -0.25) is 9.69 Å². The Morgan fingerprint density at radius 1 is 1.04 bits per heavy atom. The van der Waals surface area contributed by atoms with Gasteiger partial charge < -0.3 is 4.90 Å². The predicted octanol–water partition coefficient (Wildman–Crippen LogP) is 3.20. The van der Waals surface area contributed by atoms with Gasteiger partial charge >= 0.3 is 0 Å². The van der Waals surface area contributed by atoms with Crippen LogP contribution in [0.5, 0.6) is 0 Å². The largest absolute Gasteiger partial charge is 0.342 e. The molecule has 0 aromatic heterocycles. The van der Waals surface area contributed by atoms with E-state index in [2.05, 4.69) is 23.6 Å². The number of likely N-dealkylation sites (tertiary alicyclic amines) is 2. The number of amides is 1. The Morgan fingerprint density at radius 2 is 1.65 bits per heavy atom. The highest BCUT2D eigenvalue weighted by molar-refractivity contribution is 5.78. The van der Waals surface area contributed by atoms with E-state index in [4.69, 9.17) is 0 Å². The molecule has 126 valence electrons. The second-order valence-corrected chi connectivity index (χ2v) is 7.67. The van der Waals surface area contributed by atoms with Crippen molar-refractivity contribution in [2.45, 2.75) is 45.6 Å². The number of hydrogen-bond donors (Lipinski definition) is 0. The summed E-state index contributed by atoms with van der Waals surface area (Å²) in [5.41, 5.74) is 1.12. The Bertz CT molecular complexity index is 498. The first-order chi connectivity index (χ1) is 11.1. The van der Waals surface area contributed by atoms with Crippen LogP contribution < -0.4 is 0 Å². The number of piperidine rings is 2. The van der Waals surface area contributed by atoms with Gasteiger partial charge in [-0.15, -0.1) is 0 Å². The maximum atomic E-state index is 12.5. The van der Waals surface area contributed by atoms with Crippen LogP contribution in [-0.2, 0) is 11.2 Å². The molecule has 0 saturated carbocycles. The third-order valence-electron chi connectivity index (χ3n) is 5.43. The topological polar surface area (TPSA) is 23.6 Å². The van der Waals surface area contributed by atoms with Crippen molar-refractivity contribution in [2.75, 3.05) is 26.2 Å². The molecule has 0 aliphatic carbocycles. The van der Waals surface area contributed by atoms with Crippen molar-refractivity contribution >= 4 is 5.91 Å². The fourth-order valence-electron chi connectivity index (χ4n) is 4.37. The van der Waals surface area contributed by atoms with Gasteiger partial charge in [0.05, 0.1) is 6.42 Å². The van der Waals surface area contributed by atoms with Gasteiger partial charge in [0.25, 0.3) is 0 Å². The zero-order chi connectivity index (χ0) is 16.2. The smallest absolute Gasteiger partial charge is 0.226 e. The number of carbonyl (C=O) groups is 1.